The van der Waals surface area contributed by atoms with Crippen molar-refractivity contribution >= 4 is 17.3 Å². The number of aromatic nitrogens is 2. The number of hydrogen-bond donors (Lipinski definition) is 1. The third-order valence-electron chi connectivity index (χ3n) is 2.95. The second-order valence-corrected chi connectivity index (χ2v) is 4.32. The minimum absolute atomic E-state index is 0.0464. The van der Waals surface area contributed by atoms with Gasteiger partial charge in [0.15, 0.2) is 0 Å². The number of aldehydes is 1. The summed E-state index contributed by atoms with van der Waals surface area (Å²) in [5.41, 5.74) is 2.32. The Balaban J connectivity index is 1.77. The van der Waals surface area contributed by atoms with Crippen molar-refractivity contribution in [1.29, 1.82) is 0 Å². The lowest BCUT2D eigenvalue weighted by molar-refractivity contribution is 0.112. The lowest BCUT2D eigenvalue weighted by Crippen LogP contribution is -2.00. The minimum Gasteiger partial charge on any atom is -0.460 e. The summed E-state index contributed by atoms with van der Waals surface area (Å²) in [6.45, 7) is 0.0464. The van der Waals surface area contributed by atoms with E-state index in [1.165, 1.54) is 12.1 Å². The number of halogens is 1. The molecule has 5 heteroatoms. The Labute approximate surface area is 114 Å². The van der Waals surface area contributed by atoms with Crippen LogP contribution in [-0.4, -0.2) is 16.3 Å². The second kappa shape index (κ2) is 5.13. The van der Waals surface area contributed by atoms with Gasteiger partial charge in [-0.2, -0.15) is 4.98 Å². The highest BCUT2D eigenvalue weighted by Gasteiger charge is 2.07. The highest BCUT2D eigenvalue weighted by molar-refractivity contribution is 5.75. The van der Waals surface area contributed by atoms with Crippen LogP contribution >= 0.6 is 0 Å². The Morgan fingerprint density at radius 2 is 2.10 bits per heavy atom. The van der Waals surface area contributed by atoms with Crippen molar-refractivity contribution < 1.29 is 13.9 Å². The SMILES string of the molecule is O=Cc1ccc(COc2nc3ccccc3[nH]2)c(F)c1. The van der Waals surface area contributed by atoms with Gasteiger partial charge in [0.05, 0.1) is 11.0 Å². The molecule has 0 bridgehead atoms. The Morgan fingerprint density at radius 3 is 2.85 bits per heavy atom. The van der Waals surface area contributed by atoms with Gasteiger partial charge in [0, 0.05) is 11.1 Å². The summed E-state index contributed by atoms with van der Waals surface area (Å²) < 4.78 is 19.1. The smallest absolute Gasteiger partial charge is 0.294 e. The van der Waals surface area contributed by atoms with Crippen LogP contribution < -0.4 is 4.74 Å². The van der Waals surface area contributed by atoms with E-state index in [1.54, 1.807) is 6.07 Å². The standard InChI is InChI=1S/C15H11FN2O2/c16-12-7-10(8-19)5-6-11(12)9-20-15-17-13-3-1-2-4-14(13)18-15/h1-8H,9H2,(H,17,18). The van der Waals surface area contributed by atoms with Crippen molar-refractivity contribution in [3.63, 3.8) is 0 Å². The normalized spacial score (nSPS) is 10.7. The molecule has 20 heavy (non-hydrogen) atoms. The number of carbonyl (C=O) groups excluding carboxylic acids is 1. The molecule has 0 aliphatic carbocycles. The first-order valence-electron chi connectivity index (χ1n) is 6.07. The molecule has 0 spiro atoms. The third kappa shape index (κ3) is 2.38. The van der Waals surface area contributed by atoms with Crippen LogP contribution in [-0.2, 0) is 6.61 Å². The molecule has 3 aromatic rings. The number of H-pyrrole nitrogens is 1. The molecule has 3 rings (SSSR count). The molecule has 1 N–H and O–H groups in total. The fourth-order valence-corrected chi connectivity index (χ4v) is 1.90. The van der Waals surface area contributed by atoms with Crippen LogP contribution in [0, 0.1) is 5.82 Å². The molecule has 0 amide bonds. The van der Waals surface area contributed by atoms with Crippen molar-refractivity contribution in [3.8, 4) is 6.01 Å². The number of nitrogens with one attached hydrogen (secondary N) is 1. The molecule has 0 aliphatic rings. The molecular formula is C15H11FN2O2. The van der Waals surface area contributed by atoms with E-state index in [9.17, 15) is 9.18 Å². The Hall–Kier alpha value is -2.69. The molecule has 1 aromatic heterocycles. The number of imidazole rings is 1. The van der Waals surface area contributed by atoms with Gasteiger partial charge in [-0.15, -0.1) is 0 Å². The molecule has 100 valence electrons. The molecule has 4 nitrogen and oxygen atoms in total. The molecule has 0 radical (unpaired) electrons. The Bertz CT molecular complexity index is 734. The maximum atomic E-state index is 13.7. The minimum atomic E-state index is -0.467. The quantitative estimate of drug-likeness (QED) is 0.741. The first kappa shape index (κ1) is 12.3. The van der Waals surface area contributed by atoms with Gasteiger partial charge in [-0.3, -0.25) is 4.79 Å². The van der Waals surface area contributed by atoms with Gasteiger partial charge in [0.25, 0.3) is 6.01 Å². The highest BCUT2D eigenvalue weighted by atomic mass is 19.1. The topological polar surface area (TPSA) is 55.0 Å². The molecule has 1 heterocycles. The number of hydrogen-bond acceptors (Lipinski definition) is 3. The van der Waals surface area contributed by atoms with Crippen LogP contribution in [0.2, 0.25) is 0 Å². The van der Waals surface area contributed by atoms with E-state index in [2.05, 4.69) is 9.97 Å². The average molecular weight is 270 g/mol. The largest absolute Gasteiger partial charge is 0.460 e. The fourth-order valence-electron chi connectivity index (χ4n) is 1.90. The number of benzene rings is 2. The molecule has 0 atom stereocenters. The molecule has 0 fully saturated rings. The summed E-state index contributed by atoms with van der Waals surface area (Å²) in [4.78, 5) is 17.8. The van der Waals surface area contributed by atoms with Gasteiger partial charge in [-0.25, -0.2) is 4.39 Å². The molecule has 2 aromatic carbocycles. The summed E-state index contributed by atoms with van der Waals surface area (Å²) in [6, 6.07) is 12.1. The second-order valence-electron chi connectivity index (χ2n) is 4.32. The van der Waals surface area contributed by atoms with Gasteiger partial charge in [0.2, 0.25) is 0 Å². The van der Waals surface area contributed by atoms with Gasteiger partial charge < -0.3 is 9.72 Å². The van der Waals surface area contributed by atoms with Crippen LogP contribution in [0.3, 0.4) is 0 Å². The van der Waals surface area contributed by atoms with E-state index < -0.39 is 5.82 Å². The van der Waals surface area contributed by atoms with E-state index >= 15 is 0 Å². The van der Waals surface area contributed by atoms with Crippen molar-refractivity contribution in [2.75, 3.05) is 0 Å². The highest BCUT2D eigenvalue weighted by Crippen LogP contribution is 2.17. The van der Waals surface area contributed by atoms with Gasteiger partial charge in [-0.1, -0.05) is 24.3 Å². The number of para-hydroxylation sites is 2. The Morgan fingerprint density at radius 1 is 1.25 bits per heavy atom. The molecule has 0 unspecified atom stereocenters. The predicted octanol–water partition coefficient (Wildman–Crippen LogP) is 3.09. The number of rotatable bonds is 4. The zero-order valence-electron chi connectivity index (χ0n) is 10.5. The predicted molar refractivity (Wildman–Crippen MR) is 72.2 cm³/mol. The van der Waals surface area contributed by atoms with Crippen LogP contribution in [0.5, 0.6) is 6.01 Å². The van der Waals surface area contributed by atoms with Gasteiger partial charge in [-0.05, 0) is 18.2 Å². The first-order chi connectivity index (χ1) is 9.76. The van der Waals surface area contributed by atoms with Crippen LogP contribution in [0.15, 0.2) is 42.5 Å². The summed E-state index contributed by atoms with van der Waals surface area (Å²) in [5.74, 6) is -0.467. The van der Waals surface area contributed by atoms with Gasteiger partial charge in [0.1, 0.15) is 18.7 Å². The molecule has 0 aliphatic heterocycles. The van der Waals surface area contributed by atoms with E-state index in [0.717, 1.165) is 11.0 Å². The number of ether oxygens (including phenoxy) is 1. The maximum absolute atomic E-state index is 13.7. The monoisotopic (exact) mass is 270 g/mol. The van der Waals surface area contributed by atoms with Crippen molar-refractivity contribution in [1.82, 2.24) is 9.97 Å². The number of carbonyl (C=O) groups is 1. The van der Waals surface area contributed by atoms with Gasteiger partial charge >= 0.3 is 0 Å². The number of fused-ring (bicyclic) bond motifs is 1. The number of aromatic amines is 1. The first-order valence-corrected chi connectivity index (χ1v) is 6.07. The van der Waals surface area contributed by atoms with E-state index in [4.69, 9.17) is 4.74 Å². The molecule has 0 saturated carbocycles. The van der Waals surface area contributed by atoms with E-state index in [-0.39, 0.29) is 6.61 Å². The summed E-state index contributed by atoms with van der Waals surface area (Å²) in [7, 11) is 0. The lowest BCUT2D eigenvalue weighted by atomic mass is 10.1. The fraction of sp³-hybridized carbons (Fsp3) is 0.0667. The third-order valence-corrected chi connectivity index (χ3v) is 2.95. The zero-order chi connectivity index (χ0) is 13.9. The van der Waals surface area contributed by atoms with Crippen LogP contribution in [0.25, 0.3) is 11.0 Å². The zero-order valence-corrected chi connectivity index (χ0v) is 10.5. The van der Waals surface area contributed by atoms with E-state index in [1.807, 2.05) is 24.3 Å². The lowest BCUT2D eigenvalue weighted by Gasteiger charge is -2.04. The van der Waals surface area contributed by atoms with Crippen LogP contribution in [0.4, 0.5) is 4.39 Å². The molecular weight excluding hydrogens is 259 g/mol. The van der Waals surface area contributed by atoms with E-state index in [0.29, 0.717) is 23.4 Å². The maximum Gasteiger partial charge on any atom is 0.294 e. The Kier molecular flexibility index (Phi) is 3.16. The average Bonchev–Trinajstić information content (AvgIpc) is 2.88. The van der Waals surface area contributed by atoms with Crippen molar-refractivity contribution in [2.24, 2.45) is 0 Å². The summed E-state index contributed by atoms with van der Waals surface area (Å²) in [5, 5.41) is 0. The van der Waals surface area contributed by atoms with Crippen molar-refractivity contribution in [3.05, 3.63) is 59.4 Å². The number of nitrogens with zero attached hydrogens (tertiary/aromatic N) is 1. The van der Waals surface area contributed by atoms with Crippen LogP contribution in [0.1, 0.15) is 15.9 Å². The summed E-state index contributed by atoms with van der Waals surface area (Å²) >= 11 is 0. The molecule has 0 saturated heterocycles. The summed E-state index contributed by atoms with van der Waals surface area (Å²) in [6.07, 6.45) is 0.604. The van der Waals surface area contributed by atoms with Crippen molar-refractivity contribution in [2.45, 2.75) is 6.61 Å².